The Morgan fingerprint density at radius 2 is 2.00 bits per heavy atom. The molecule has 0 spiro atoms. The summed E-state index contributed by atoms with van der Waals surface area (Å²) >= 11 is 0. The fourth-order valence-electron chi connectivity index (χ4n) is 2.06. The van der Waals surface area contributed by atoms with Crippen LogP contribution in [0.1, 0.15) is 34.8 Å². The van der Waals surface area contributed by atoms with Gasteiger partial charge in [-0.25, -0.2) is 0 Å². The van der Waals surface area contributed by atoms with Crippen molar-refractivity contribution in [3.05, 3.63) is 28.8 Å². The molecule has 68 valence electrons. The highest BCUT2D eigenvalue weighted by molar-refractivity contribution is 5.96. The summed E-state index contributed by atoms with van der Waals surface area (Å²) in [6.07, 6.45) is 3.17. The molecule has 1 aliphatic rings. The Morgan fingerprint density at radius 3 is 2.69 bits per heavy atom. The highest BCUT2D eigenvalue weighted by atomic mass is 16.1. The zero-order valence-electron chi connectivity index (χ0n) is 7.76. The highest BCUT2D eigenvalue weighted by Crippen LogP contribution is 2.30. The number of nitrogen functional groups attached to an aromatic ring is 1. The molecular formula is C11H13NO. The monoisotopic (exact) mass is 175 g/mol. The summed E-state index contributed by atoms with van der Waals surface area (Å²) < 4.78 is 0. The third kappa shape index (κ3) is 1.22. The van der Waals surface area contributed by atoms with Gasteiger partial charge in [-0.05, 0) is 49.4 Å². The van der Waals surface area contributed by atoms with Gasteiger partial charge in [-0.15, -0.1) is 0 Å². The number of benzene rings is 1. The van der Waals surface area contributed by atoms with Crippen LogP contribution in [-0.4, -0.2) is 5.78 Å². The SMILES string of the molecule is CC(=O)c1ccc(N)c2c1CCC2. The van der Waals surface area contributed by atoms with Crippen LogP contribution in [0.15, 0.2) is 12.1 Å². The molecule has 0 bridgehead atoms. The van der Waals surface area contributed by atoms with Crippen LogP contribution in [0.25, 0.3) is 0 Å². The van der Waals surface area contributed by atoms with E-state index in [-0.39, 0.29) is 5.78 Å². The summed E-state index contributed by atoms with van der Waals surface area (Å²) in [6, 6.07) is 3.70. The first-order valence-electron chi connectivity index (χ1n) is 4.61. The van der Waals surface area contributed by atoms with Gasteiger partial charge in [0.15, 0.2) is 5.78 Å². The van der Waals surface area contributed by atoms with Gasteiger partial charge in [0, 0.05) is 11.3 Å². The molecule has 0 saturated carbocycles. The quantitative estimate of drug-likeness (QED) is 0.523. The maximum atomic E-state index is 11.3. The number of hydrogen-bond donors (Lipinski definition) is 1. The van der Waals surface area contributed by atoms with Gasteiger partial charge in [0.25, 0.3) is 0 Å². The summed E-state index contributed by atoms with van der Waals surface area (Å²) in [5.41, 5.74) is 9.93. The minimum Gasteiger partial charge on any atom is -0.398 e. The predicted molar refractivity (Wildman–Crippen MR) is 52.9 cm³/mol. The Kier molecular flexibility index (Phi) is 1.83. The fraction of sp³-hybridized carbons (Fsp3) is 0.364. The van der Waals surface area contributed by atoms with Crippen LogP contribution in [-0.2, 0) is 12.8 Å². The van der Waals surface area contributed by atoms with Gasteiger partial charge in [-0.3, -0.25) is 4.79 Å². The molecule has 0 amide bonds. The van der Waals surface area contributed by atoms with Crippen LogP contribution in [0.4, 0.5) is 5.69 Å². The normalized spacial score (nSPS) is 14.2. The van der Waals surface area contributed by atoms with E-state index in [1.807, 2.05) is 12.1 Å². The van der Waals surface area contributed by atoms with Crippen LogP contribution < -0.4 is 5.73 Å². The van der Waals surface area contributed by atoms with Crippen molar-refractivity contribution in [3.63, 3.8) is 0 Å². The van der Waals surface area contributed by atoms with E-state index in [1.54, 1.807) is 6.92 Å². The lowest BCUT2D eigenvalue weighted by atomic mass is 9.99. The van der Waals surface area contributed by atoms with E-state index in [0.29, 0.717) is 0 Å². The van der Waals surface area contributed by atoms with Crippen molar-refractivity contribution in [3.8, 4) is 0 Å². The molecule has 0 atom stereocenters. The first-order valence-corrected chi connectivity index (χ1v) is 4.61. The van der Waals surface area contributed by atoms with Crippen molar-refractivity contribution < 1.29 is 4.79 Å². The molecule has 2 rings (SSSR count). The minimum absolute atomic E-state index is 0.151. The second-order valence-electron chi connectivity index (χ2n) is 3.57. The van der Waals surface area contributed by atoms with Crippen molar-refractivity contribution >= 4 is 11.5 Å². The van der Waals surface area contributed by atoms with E-state index in [9.17, 15) is 4.79 Å². The van der Waals surface area contributed by atoms with Crippen molar-refractivity contribution in [2.45, 2.75) is 26.2 Å². The standard InChI is InChI=1S/C11H13NO/c1-7(13)8-5-6-11(12)10-4-2-3-9(8)10/h5-6H,2-4,12H2,1H3. The largest absolute Gasteiger partial charge is 0.398 e. The number of carbonyl (C=O) groups excluding carboxylic acids is 1. The third-order valence-electron chi connectivity index (χ3n) is 2.70. The van der Waals surface area contributed by atoms with Crippen LogP contribution >= 0.6 is 0 Å². The average molecular weight is 175 g/mol. The van der Waals surface area contributed by atoms with Gasteiger partial charge in [-0.1, -0.05) is 0 Å². The summed E-state index contributed by atoms with van der Waals surface area (Å²) in [5, 5.41) is 0. The van der Waals surface area contributed by atoms with Crippen molar-refractivity contribution in [2.75, 3.05) is 5.73 Å². The molecule has 1 aromatic carbocycles. The number of fused-ring (bicyclic) bond motifs is 1. The maximum Gasteiger partial charge on any atom is 0.160 e. The molecule has 0 heterocycles. The summed E-state index contributed by atoms with van der Waals surface area (Å²) in [6.45, 7) is 1.62. The summed E-state index contributed by atoms with van der Waals surface area (Å²) in [5.74, 6) is 0.151. The Morgan fingerprint density at radius 1 is 1.31 bits per heavy atom. The van der Waals surface area contributed by atoms with E-state index < -0.39 is 0 Å². The molecule has 2 heteroatoms. The number of nitrogens with two attached hydrogens (primary N) is 1. The van der Waals surface area contributed by atoms with E-state index >= 15 is 0 Å². The average Bonchev–Trinajstić information content (AvgIpc) is 2.53. The van der Waals surface area contributed by atoms with Gasteiger partial charge in [0.05, 0.1) is 0 Å². The second kappa shape index (κ2) is 2.87. The lowest BCUT2D eigenvalue weighted by Crippen LogP contribution is -2.01. The van der Waals surface area contributed by atoms with Crippen LogP contribution in [0, 0.1) is 0 Å². The number of ketones is 1. The van der Waals surface area contributed by atoms with Crippen LogP contribution in [0.5, 0.6) is 0 Å². The lowest BCUT2D eigenvalue weighted by Gasteiger charge is -2.07. The Balaban J connectivity index is 2.62. The lowest BCUT2D eigenvalue weighted by molar-refractivity contribution is 0.101. The number of Topliss-reactive ketones (excluding diaryl/α,β-unsaturated/α-hetero) is 1. The van der Waals surface area contributed by atoms with Crippen LogP contribution in [0.2, 0.25) is 0 Å². The molecule has 0 radical (unpaired) electrons. The Labute approximate surface area is 77.8 Å². The third-order valence-corrected chi connectivity index (χ3v) is 2.70. The Bertz CT molecular complexity index is 369. The zero-order valence-corrected chi connectivity index (χ0v) is 7.76. The maximum absolute atomic E-state index is 11.3. The summed E-state index contributed by atoms with van der Waals surface area (Å²) in [7, 11) is 0. The van der Waals surface area contributed by atoms with Gasteiger partial charge in [-0.2, -0.15) is 0 Å². The van der Waals surface area contributed by atoms with E-state index in [4.69, 9.17) is 5.73 Å². The second-order valence-corrected chi connectivity index (χ2v) is 3.57. The number of hydrogen-bond acceptors (Lipinski definition) is 2. The van der Waals surface area contributed by atoms with Crippen molar-refractivity contribution in [1.82, 2.24) is 0 Å². The molecule has 1 aromatic rings. The molecular weight excluding hydrogens is 162 g/mol. The van der Waals surface area contributed by atoms with Crippen molar-refractivity contribution in [2.24, 2.45) is 0 Å². The zero-order chi connectivity index (χ0) is 9.42. The number of rotatable bonds is 1. The Hall–Kier alpha value is -1.31. The molecule has 1 aliphatic carbocycles. The summed E-state index contributed by atoms with van der Waals surface area (Å²) in [4.78, 5) is 11.3. The van der Waals surface area contributed by atoms with Gasteiger partial charge in [0.2, 0.25) is 0 Å². The molecule has 2 N–H and O–H groups in total. The van der Waals surface area contributed by atoms with E-state index in [0.717, 1.165) is 30.5 Å². The van der Waals surface area contributed by atoms with E-state index in [1.165, 1.54) is 11.1 Å². The predicted octanol–water partition coefficient (Wildman–Crippen LogP) is 1.96. The smallest absolute Gasteiger partial charge is 0.160 e. The first kappa shape index (κ1) is 8.30. The molecule has 0 aromatic heterocycles. The highest BCUT2D eigenvalue weighted by Gasteiger charge is 2.18. The van der Waals surface area contributed by atoms with Crippen molar-refractivity contribution in [1.29, 1.82) is 0 Å². The first-order chi connectivity index (χ1) is 6.20. The van der Waals surface area contributed by atoms with Gasteiger partial charge < -0.3 is 5.73 Å². The van der Waals surface area contributed by atoms with E-state index in [2.05, 4.69) is 0 Å². The van der Waals surface area contributed by atoms with Crippen LogP contribution in [0.3, 0.4) is 0 Å². The number of anilines is 1. The van der Waals surface area contributed by atoms with Gasteiger partial charge >= 0.3 is 0 Å². The minimum atomic E-state index is 0.151. The van der Waals surface area contributed by atoms with Gasteiger partial charge in [0.1, 0.15) is 0 Å². The molecule has 13 heavy (non-hydrogen) atoms. The molecule has 0 aliphatic heterocycles. The molecule has 0 fully saturated rings. The molecule has 0 unspecified atom stereocenters. The molecule has 0 saturated heterocycles. The molecule has 2 nitrogen and oxygen atoms in total. The topological polar surface area (TPSA) is 43.1 Å². The number of carbonyl (C=O) groups is 1. The fourth-order valence-corrected chi connectivity index (χ4v) is 2.06.